The summed E-state index contributed by atoms with van der Waals surface area (Å²) < 4.78 is 100. The van der Waals surface area contributed by atoms with Gasteiger partial charge in [0.05, 0.1) is 0 Å². The van der Waals surface area contributed by atoms with Crippen LogP contribution in [0.5, 0.6) is 11.5 Å². The molecule has 5 nitrogen and oxygen atoms in total. The van der Waals surface area contributed by atoms with Gasteiger partial charge in [-0.1, -0.05) is 114 Å². The van der Waals surface area contributed by atoms with Gasteiger partial charge in [-0.15, -0.1) is 54.1 Å². The van der Waals surface area contributed by atoms with E-state index in [1.807, 2.05) is 88.4 Å². The Morgan fingerprint density at radius 3 is 1.41 bits per heavy atom. The van der Waals surface area contributed by atoms with Crippen LogP contribution < -0.4 is 9.47 Å². The summed E-state index contributed by atoms with van der Waals surface area (Å²) in [4.78, 5) is 13.8. The number of benzene rings is 7. The van der Waals surface area contributed by atoms with Gasteiger partial charge in [0.2, 0.25) is 0 Å². The van der Waals surface area contributed by atoms with Crippen molar-refractivity contribution in [3.8, 4) is 89.8 Å². The number of rotatable bonds is 13. The van der Waals surface area contributed by atoms with Crippen molar-refractivity contribution < 1.29 is 55.9 Å². The van der Waals surface area contributed by atoms with Crippen LogP contribution in [0, 0.1) is 53.1 Å². The van der Waals surface area contributed by atoms with Crippen molar-refractivity contribution in [1.82, 2.24) is 15.0 Å². The molecule has 372 valence electrons. The molecule has 0 amide bonds. The van der Waals surface area contributed by atoms with Gasteiger partial charge in [0, 0.05) is 70.4 Å². The number of hydrogen-bond donors (Lipinski definition) is 0. The molecule has 10 aromatic rings. The smallest absolute Gasteiger partial charge is 0.483 e. The van der Waals surface area contributed by atoms with Crippen molar-refractivity contribution in [2.24, 2.45) is 0 Å². The molecule has 0 saturated carbocycles. The fourth-order valence-corrected chi connectivity index (χ4v) is 8.71. The summed E-state index contributed by atoms with van der Waals surface area (Å²) in [5.41, 5.74) is 6.57. The van der Waals surface area contributed by atoms with E-state index in [0.29, 0.717) is 56.1 Å². The van der Waals surface area contributed by atoms with Crippen molar-refractivity contribution in [1.29, 1.82) is 0 Å². The second kappa shape index (κ2) is 21.3. The summed E-state index contributed by atoms with van der Waals surface area (Å²) in [5, 5.41) is 0. The van der Waals surface area contributed by atoms with E-state index in [9.17, 15) is 22.0 Å². The third-order valence-electron chi connectivity index (χ3n) is 12.6. The van der Waals surface area contributed by atoms with Crippen molar-refractivity contribution in [3.63, 3.8) is 0 Å². The maximum Gasteiger partial charge on any atom is 3.00 e. The summed E-state index contributed by atoms with van der Waals surface area (Å²) in [6.45, 7) is 7.31. The van der Waals surface area contributed by atoms with E-state index in [1.165, 1.54) is 24.3 Å². The van der Waals surface area contributed by atoms with E-state index in [1.54, 1.807) is 73.2 Å². The molecule has 0 fully saturated rings. The second-order valence-electron chi connectivity index (χ2n) is 18.5. The molecule has 7 aromatic carbocycles. The molecule has 0 aliphatic heterocycles. The molecule has 0 saturated heterocycles. The molecule has 3 heterocycles. The standard InChI is InChI=1S/C63H42F6N3O2.Ir/c1-62(2,43-16-26-59(70-35-43)52-24-21-47(66)31-57(52)68)73-49-28-42(29-50(33-49)74-63(3,4)44-17-27-60(71-36-44)53-25-22-48(67)32-58(53)69)54-30-46(65)20-23-51(54)56-37-72-61(41-14-18-45(64)19-15-41)34-55(56)40-12-10-39(11-13-40)38-8-6-5-7-9-38;/h5-14,16-23,26-37H,1-4H3;/q-3;+3. The van der Waals surface area contributed by atoms with Crippen LogP contribution >= 0.6 is 0 Å². The zero-order valence-corrected chi connectivity index (χ0v) is 43.0. The van der Waals surface area contributed by atoms with Crippen LogP contribution in [0.4, 0.5) is 26.3 Å². The predicted octanol–water partition coefficient (Wildman–Crippen LogP) is 16.4. The first kappa shape index (κ1) is 51.7. The minimum atomic E-state index is -1.09. The Labute approximate surface area is 443 Å². The summed E-state index contributed by atoms with van der Waals surface area (Å²) in [7, 11) is 0. The number of hydrogen-bond acceptors (Lipinski definition) is 5. The number of aromatic nitrogens is 3. The molecule has 0 N–H and O–H groups in total. The van der Waals surface area contributed by atoms with Crippen molar-refractivity contribution in [3.05, 3.63) is 247 Å². The second-order valence-corrected chi connectivity index (χ2v) is 18.5. The van der Waals surface area contributed by atoms with Gasteiger partial charge in [-0.3, -0.25) is 22.0 Å². The van der Waals surface area contributed by atoms with Gasteiger partial charge >= 0.3 is 20.1 Å². The Kier molecular flexibility index (Phi) is 14.7. The van der Waals surface area contributed by atoms with E-state index in [0.717, 1.165) is 46.5 Å². The quantitative estimate of drug-likeness (QED) is 0.0850. The van der Waals surface area contributed by atoms with Crippen LogP contribution in [-0.4, -0.2) is 15.0 Å². The third kappa shape index (κ3) is 11.3. The fourth-order valence-electron chi connectivity index (χ4n) is 8.71. The fraction of sp³-hybridized carbons (Fsp3) is 0.0952. The summed E-state index contributed by atoms with van der Waals surface area (Å²) in [6, 6.07) is 52.5. The molecule has 75 heavy (non-hydrogen) atoms. The average Bonchev–Trinajstić information content (AvgIpc) is 3.39. The van der Waals surface area contributed by atoms with Gasteiger partial charge in [0.15, 0.2) is 0 Å². The Balaban J connectivity index is 0.00000689. The van der Waals surface area contributed by atoms with Gasteiger partial charge in [-0.2, -0.15) is 0 Å². The maximum absolute atomic E-state index is 15.9. The molecule has 0 unspecified atom stereocenters. The van der Waals surface area contributed by atoms with Crippen LogP contribution in [-0.2, 0) is 31.3 Å². The molecular formula is C63H42F6IrN3O2. The van der Waals surface area contributed by atoms with E-state index >= 15 is 4.39 Å². The van der Waals surface area contributed by atoms with Gasteiger partial charge in [-0.05, 0) is 108 Å². The van der Waals surface area contributed by atoms with E-state index in [-0.39, 0.29) is 42.6 Å². The Morgan fingerprint density at radius 2 is 0.893 bits per heavy atom. The zero-order chi connectivity index (χ0) is 51.7. The molecule has 0 radical (unpaired) electrons. The molecule has 3 aromatic heterocycles. The third-order valence-corrected chi connectivity index (χ3v) is 12.6. The van der Waals surface area contributed by atoms with Crippen LogP contribution in [0.1, 0.15) is 38.8 Å². The number of halogens is 6. The molecular weight excluding hydrogens is 1140 g/mol. The number of pyridine rings is 3. The Hall–Kier alpha value is -8.18. The maximum atomic E-state index is 15.9. The van der Waals surface area contributed by atoms with Gasteiger partial charge in [-0.25, -0.2) is 4.39 Å². The van der Waals surface area contributed by atoms with Gasteiger partial charge in [0.1, 0.15) is 28.5 Å². The van der Waals surface area contributed by atoms with Crippen LogP contribution in [0.15, 0.2) is 182 Å². The summed E-state index contributed by atoms with van der Waals surface area (Å²) in [6.07, 6.45) is 4.80. The average molecular weight is 1180 g/mol. The van der Waals surface area contributed by atoms with Crippen molar-refractivity contribution in [2.75, 3.05) is 0 Å². The van der Waals surface area contributed by atoms with Gasteiger partial charge < -0.3 is 24.4 Å². The van der Waals surface area contributed by atoms with E-state index in [4.69, 9.17) is 14.5 Å². The molecule has 0 aliphatic rings. The van der Waals surface area contributed by atoms with E-state index in [2.05, 4.69) is 28.2 Å². The summed E-state index contributed by atoms with van der Waals surface area (Å²) in [5.74, 6) is -3.42. The SMILES string of the molecule is CC(C)(Oc1cc(OC(C)(C)c2ccc(-c3[c-]cc(F)cc3F)nc2)cc(-c2cc(F)ccc2-c2cnc(-c3[c-]cc(F)cc3)cc2-c2ccc(-c3ccccc3)cc2)c1)c1ccc(-c2[c-]cc(F)cc2F)nc1.[Ir+3]. The zero-order valence-electron chi connectivity index (χ0n) is 40.6. The normalized spacial score (nSPS) is 11.5. The molecule has 0 atom stereocenters. The molecule has 0 bridgehead atoms. The van der Waals surface area contributed by atoms with Crippen molar-refractivity contribution in [2.45, 2.75) is 38.9 Å². The van der Waals surface area contributed by atoms with Crippen LogP contribution in [0.3, 0.4) is 0 Å². The van der Waals surface area contributed by atoms with E-state index < -0.39 is 46.1 Å². The topological polar surface area (TPSA) is 57.1 Å². The Morgan fingerprint density at radius 1 is 0.387 bits per heavy atom. The molecule has 0 aliphatic carbocycles. The first-order valence-corrected chi connectivity index (χ1v) is 23.4. The molecule has 10 rings (SSSR count). The minimum absolute atomic E-state index is 0. The molecule has 0 spiro atoms. The first-order chi connectivity index (χ1) is 35.6. The van der Waals surface area contributed by atoms with Crippen LogP contribution in [0.2, 0.25) is 0 Å². The number of ether oxygens (including phenoxy) is 2. The number of nitrogens with zero attached hydrogens (tertiary/aromatic N) is 3. The first-order valence-electron chi connectivity index (χ1n) is 23.4. The Bertz CT molecular complexity index is 3540. The van der Waals surface area contributed by atoms with Crippen molar-refractivity contribution >= 4 is 0 Å². The summed E-state index contributed by atoms with van der Waals surface area (Å²) >= 11 is 0. The monoisotopic (exact) mass is 1180 g/mol. The van der Waals surface area contributed by atoms with Gasteiger partial charge in [0.25, 0.3) is 0 Å². The van der Waals surface area contributed by atoms with Crippen LogP contribution in [0.25, 0.3) is 78.3 Å². The largest absolute Gasteiger partial charge is 3.00 e. The predicted molar refractivity (Wildman–Crippen MR) is 274 cm³/mol. The minimum Gasteiger partial charge on any atom is -0.483 e. The molecule has 12 heteroatoms.